The van der Waals surface area contributed by atoms with E-state index in [1.165, 1.54) is 15.9 Å². The van der Waals surface area contributed by atoms with Gasteiger partial charge in [-0.3, -0.25) is 9.59 Å². The van der Waals surface area contributed by atoms with E-state index in [2.05, 4.69) is 17.6 Å². The monoisotopic (exact) mass is 441 g/mol. The number of nitrogens with zero attached hydrogens (tertiary/aromatic N) is 1. The van der Waals surface area contributed by atoms with Crippen LogP contribution in [0.1, 0.15) is 43.7 Å². The molecule has 1 fully saturated rings. The van der Waals surface area contributed by atoms with Crippen LogP contribution >= 0.6 is 0 Å². The fourth-order valence-corrected chi connectivity index (χ4v) is 5.89. The van der Waals surface area contributed by atoms with Crippen molar-refractivity contribution in [3.05, 3.63) is 53.6 Å². The van der Waals surface area contributed by atoms with Crippen LogP contribution in [0, 0.1) is 0 Å². The van der Waals surface area contributed by atoms with Crippen LogP contribution < -0.4 is 10.6 Å². The lowest BCUT2D eigenvalue weighted by atomic mass is 10.1. The van der Waals surface area contributed by atoms with E-state index >= 15 is 0 Å². The molecule has 2 heterocycles. The predicted octanol–water partition coefficient (Wildman–Crippen LogP) is 3.32. The molecule has 31 heavy (non-hydrogen) atoms. The third-order valence-corrected chi connectivity index (χ3v) is 7.85. The third-order valence-electron chi connectivity index (χ3n) is 5.94. The minimum absolute atomic E-state index is 0.0578. The van der Waals surface area contributed by atoms with Gasteiger partial charge in [-0.15, -0.1) is 0 Å². The van der Waals surface area contributed by atoms with Crippen molar-refractivity contribution in [3.8, 4) is 0 Å². The fraction of sp³-hybridized carbons (Fsp3) is 0.391. The number of benzene rings is 2. The molecule has 1 atom stereocenters. The Morgan fingerprint density at radius 2 is 1.90 bits per heavy atom. The van der Waals surface area contributed by atoms with Crippen LogP contribution in [0.2, 0.25) is 0 Å². The van der Waals surface area contributed by atoms with E-state index in [1.807, 2.05) is 24.3 Å². The van der Waals surface area contributed by atoms with Crippen molar-refractivity contribution >= 4 is 33.2 Å². The average molecular weight is 442 g/mol. The summed E-state index contributed by atoms with van der Waals surface area (Å²) in [5.74, 6) is -0.370. The number of aryl methyl sites for hydroxylation is 2. The lowest BCUT2D eigenvalue weighted by Crippen LogP contribution is -2.43. The Morgan fingerprint density at radius 3 is 2.65 bits per heavy atom. The van der Waals surface area contributed by atoms with Crippen LogP contribution in [0.4, 0.5) is 11.4 Å². The summed E-state index contributed by atoms with van der Waals surface area (Å²) >= 11 is 0. The lowest BCUT2D eigenvalue weighted by Gasteiger charge is -2.24. The molecule has 0 bridgehead atoms. The molecule has 2 N–H and O–H groups in total. The molecule has 7 nitrogen and oxygen atoms in total. The molecule has 0 saturated carbocycles. The molecule has 2 amide bonds. The molecule has 0 radical (unpaired) electrons. The molecule has 0 spiro atoms. The van der Waals surface area contributed by atoms with Crippen molar-refractivity contribution in [1.82, 2.24) is 4.31 Å². The van der Waals surface area contributed by atoms with Crippen molar-refractivity contribution in [2.75, 3.05) is 17.2 Å². The second-order valence-corrected chi connectivity index (χ2v) is 9.92. The van der Waals surface area contributed by atoms with Crippen LogP contribution in [-0.4, -0.2) is 37.1 Å². The number of carbonyl (C=O) groups is 2. The highest BCUT2D eigenvalue weighted by Gasteiger charge is 2.39. The van der Waals surface area contributed by atoms with E-state index in [4.69, 9.17) is 0 Å². The maximum atomic E-state index is 13.4. The SMILES string of the molecule is CCc1ccc(NC(=O)[C@H]2CCCN2S(=O)(=O)c2ccc3c(c2)CCCC(=O)N3)cc1. The van der Waals surface area contributed by atoms with Crippen LogP contribution in [0.3, 0.4) is 0 Å². The van der Waals surface area contributed by atoms with Gasteiger partial charge < -0.3 is 10.6 Å². The van der Waals surface area contributed by atoms with E-state index in [9.17, 15) is 18.0 Å². The molecule has 2 aliphatic heterocycles. The first-order valence-electron chi connectivity index (χ1n) is 10.7. The number of anilines is 2. The summed E-state index contributed by atoms with van der Waals surface area (Å²) in [6.07, 6.45) is 3.76. The van der Waals surface area contributed by atoms with Gasteiger partial charge in [0.05, 0.1) is 4.90 Å². The van der Waals surface area contributed by atoms with E-state index < -0.39 is 16.1 Å². The summed E-state index contributed by atoms with van der Waals surface area (Å²) in [5, 5.41) is 5.68. The van der Waals surface area contributed by atoms with Crippen molar-refractivity contribution in [2.24, 2.45) is 0 Å². The maximum Gasteiger partial charge on any atom is 0.243 e. The molecule has 2 aromatic carbocycles. The van der Waals surface area contributed by atoms with Gasteiger partial charge in [-0.1, -0.05) is 19.1 Å². The first-order valence-corrected chi connectivity index (χ1v) is 12.2. The van der Waals surface area contributed by atoms with Gasteiger partial charge in [0.2, 0.25) is 21.8 Å². The minimum Gasteiger partial charge on any atom is -0.326 e. The van der Waals surface area contributed by atoms with E-state index in [0.29, 0.717) is 50.0 Å². The van der Waals surface area contributed by atoms with Gasteiger partial charge in [-0.2, -0.15) is 4.31 Å². The Bertz CT molecular complexity index is 1100. The highest BCUT2D eigenvalue weighted by molar-refractivity contribution is 7.89. The van der Waals surface area contributed by atoms with Gasteiger partial charge in [-0.05, 0) is 73.6 Å². The molecule has 164 valence electrons. The van der Waals surface area contributed by atoms with E-state index in [0.717, 1.165) is 12.0 Å². The molecule has 8 heteroatoms. The van der Waals surface area contributed by atoms with Crippen molar-refractivity contribution in [3.63, 3.8) is 0 Å². The van der Waals surface area contributed by atoms with Crippen LogP contribution in [0.15, 0.2) is 47.4 Å². The summed E-state index contributed by atoms with van der Waals surface area (Å²) in [6, 6.07) is 11.6. The molecule has 1 saturated heterocycles. The quantitative estimate of drug-likeness (QED) is 0.744. The molecule has 2 aliphatic rings. The summed E-state index contributed by atoms with van der Waals surface area (Å²) in [7, 11) is -3.83. The first kappa shape index (κ1) is 21.5. The molecular weight excluding hydrogens is 414 g/mol. The Morgan fingerprint density at radius 1 is 1.13 bits per heavy atom. The third kappa shape index (κ3) is 4.50. The second-order valence-electron chi connectivity index (χ2n) is 8.03. The first-order chi connectivity index (χ1) is 14.9. The van der Waals surface area contributed by atoms with Gasteiger partial charge in [0, 0.05) is 24.3 Å². The highest BCUT2D eigenvalue weighted by atomic mass is 32.2. The zero-order chi connectivity index (χ0) is 22.0. The smallest absolute Gasteiger partial charge is 0.243 e. The number of nitrogens with one attached hydrogen (secondary N) is 2. The number of rotatable bonds is 5. The second kappa shape index (κ2) is 8.80. The Kier molecular flexibility index (Phi) is 6.11. The normalized spacial score (nSPS) is 19.4. The molecule has 2 aromatic rings. The van der Waals surface area contributed by atoms with Crippen LogP contribution in [-0.2, 0) is 32.5 Å². The van der Waals surface area contributed by atoms with Crippen molar-refractivity contribution in [2.45, 2.75) is 56.4 Å². The number of amides is 2. The number of hydrogen-bond donors (Lipinski definition) is 2. The maximum absolute atomic E-state index is 13.4. The largest absolute Gasteiger partial charge is 0.326 e. The average Bonchev–Trinajstić information content (AvgIpc) is 3.19. The van der Waals surface area contributed by atoms with Gasteiger partial charge >= 0.3 is 0 Å². The highest BCUT2D eigenvalue weighted by Crippen LogP contribution is 2.30. The van der Waals surface area contributed by atoms with Crippen molar-refractivity contribution in [1.29, 1.82) is 0 Å². The standard InChI is InChI=1S/C23H27N3O4S/c1-2-16-8-10-18(11-9-16)24-23(28)21-6-4-14-26(21)31(29,30)19-12-13-20-17(15-19)5-3-7-22(27)25-20/h8-13,15,21H,2-7,14H2,1H3,(H,24,28)(H,25,27)/t21-/m1/s1. The fourth-order valence-electron chi connectivity index (χ4n) is 4.19. The van der Waals surface area contributed by atoms with Gasteiger partial charge in [-0.25, -0.2) is 8.42 Å². The topological polar surface area (TPSA) is 95.6 Å². The number of fused-ring (bicyclic) bond motifs is 1. The number of carbonyl (C=O) groups excluding carboxylic acids is 2. The molecule has 0 aromatic heterocycles. The van der Waals surface area contributed by atoms with Crippen molar-refractivity contribution < 1.29 is 18.0 Å². The minimum atomic E-state index is -3.83. The summed E-state index contributed by atoms with van der Waals surface area (Å²) < 4.78 is 28.1. The Labute approximate surface area is 182 Å². The zero-order valence-corrected chi connectivity index (χ0v) is 18.4. The summed E-state index contributed by atoms with van der Waals surface area (Å²) in [5.41, 5.74) is 3.30. The van der Waals surface area contributed by atoms with Gasteiger partial charge in [0.25, 0.3) is 0 Å². The van der Waals surface area contributed by atoms with E-state index in [1.54, 1.807) is 12.1 Å². The lowest BCUT2D eigenvalue weighted by molar-refractivity contribution is -0.119. The van der Waals surface area contributed by atoms with Crippen LogP contribution in [0.5, 0.6) is 0 Å². The summed E-state index contributed by atoms with van der Waals surface area (Å²) in [6.45, 7) is 2.37. The Hall–Kier alpha value is -2.71. The Balaban J connectivity index is 1.55. The van der Waals surface area contributed by atoms with Gasteiger partial charge in [0.15, 0.2) is 0 Å². The number of sulfonamides is 1. The zero-order valence-electron chi connectivity index (χ0n) is 17.6. The molecule has 0 aliphatic carbocycles. The number of hydrogen-bond acceptors (Lipinski definition) is 4. The summed E-state index contributed by atoms with van der Waals surface area (Å²) in [4.78, 5) is 24.8. The van der Waals surface area contributed by atoms with Crippen LogP contribution in [0.25, 0.3) is 0 Å². The predicted molar refractivity (Wildman–Crippen MR) is 119 cm³/mol. The molecular formula is C23H27N3O4S. The van der Waals surface area contributed by atoms with Gasteiger partial charge in [0.1, 0.15) is 6.04 Å². The molecule has 4 rings (SSSR count). The molecule has 0 unspecified atom stereocenters. The van der Waals surface area contributed by atoms with E-state index in [-0.39, 0.29) is 16.7 Å².